The van der Waals surface area contributed by atoms with Crippen LogP contribution in [0.5, 0.6) is 0 Å². The molecule has 2 aromatic carbocycles. The van der Waals surface area contributed by atoms with Crippen LogP contribution in [-0.2, 0) is 0 Å². The number of benzene rings is 2. The molecule has 0 saturated heterocycles. The van der Waals surface area contributed by atoms with Crippen molar-refractivity contribution >= 4 is 11.7 Å². The van der Waals surface area contributed by atoms with Crippen molar-refractivity contribution in [2.45, 2.75) is 19.4 Å². The highest BCUT2D eigenvalue weighted by Crippen LogP contribution is 2.06. The Labute approximate surface area is 118 Å². The molecule has 1 atom stereocenters. The summed E-state index contributed by atoms with van der Waals surface area (Å²) in [5.41, 5.74) is 1.28. The van der Waals surface area contributed by atoms with Crippen LogP contribution < -0.4 is 5.32 Å². The predicted molar refractivity (Wildman–Crippen MR) is 78.8 cm³/mol. The zero-order chi connectivity index (χ0) is 14.4. The van der Waals surface area contributed by atoms with E-state index in [0.717, 1.165) is 0 Å². The van der Waals surface area contributed by atoms with Gasteiger partial charge in [0.2, 0.25) is 0 Å². The lowest BCUT2D eigenvalue weighted by Gasteiger charge is -2.13. The van der Waals surface area contributed by atoms with Gasteiger partial charge in [-0.3, -0.25) is 9.59 Å². The number of nitrogens with one attached hydrogen (secondary N) is 1. The van der Waals surface area contributed by atoms with Gasteiger partial charge in [-0.25, -0.2) is 0 Å². The van der Waals surface area contributed by atoms with Crippen molar-refractivity contribution in [2.75, 3.05) is 0 Å². The lowest BCUT2D eigenvalue weighted by Crippen LogP contribution is -2.34. The second-order valence-corrected chi connectivity index (χ2v) is 4.73. The Morgan fingerprint density at radius 1 is 0.900 bits per heavy atom. The molecule has 3 nitrogen and oxygen atoms in total. The minimum absolute atomic E-state index is 0.0338. The van der Waals surface area contributed by atoms with Crippen LogP contribution >= 0.6 is 0 Å². The Morgan fingerprint density at radius 2 is 1.40 bits per heavy atom. The number of carbonyl (C=O) groups is 2. The minimum Gasteiger partial charge on any atom is -0.349 e. The Bertz CT molecular complexity index is 525. The maximum Gasteiger partial charge on any atom is 0.251 e. The molecule has 0 aliphatic heterocycles. The van der Waals surface area contributed by atoms with Crippen molar-refractivity contribution in [3.8, 4) is 0 Å². The molecule has 0 aliphatic rings. The molecule has 20 heavy (non-hydrogen) atoms. The molecule has 0 fully saturated rings. The summed E-state index contributed by atoms with van der Waals surface area (Å²) in [5, 5.41) is 2.84. The minimum atomic E-state index is -0.199. The first-order chi connectivity index (χ1) is 9.66. The van der Waals surface area contributed by atoms with E-state index < -0.39 is 0 Å². The van der Waals surface area contributed by atoms with Crippen LogP contribution in [0.2, 0.25) is 0 Å². The highest BCUT2D eigenvalue weighted by Gasteiger charge is 2.14. The van der Waals surface area contributed by atoms with Gasteiger partial charge in [-0.15, -0.1) is 0 Å². The van der Waals surface area contributed by atoms with Gasteiger partial charge in [0.1, 0.15) is 0 Å². The first kappa shape index (κ1) is 14.0. The number of hydrogen-bond donors (Lipinski definition) is 1. The molecule has 0 aliphatic carbocycles. The van der Waals surface area contributed by atoms with Gasteiger partial charge in [0, 0.05) is 23.6 Å². The molecule has 0 aromatic heterocycles. The summed E-state index contributed by atoms with van der Waals surface area (Å²) in [5.74, 6) is -0.120. The molecule has 3 heteroatoms. The fourth-order valence-electron chi connectivity index (χ4n) is 1.97. The molecule has 2 rings (SSSR count). The third-order valence-electron chi connectivity index (χ3n) is 3.00. The molecule has 1 N–H and O–H groups in total. The zero-order valence-corrected chi connectivity index (χ0v) is 11.4. The number of rotatable bonds is 5. The normalized spacial score (nSPS) is 11.7. The molecule has 1 unspecified atom stereocenters. The van der Waals surface area contributed by atoms with E-state index in [1.165, 1.54) is 0 Å². The van der Waals surface area contributed by atoms with Crippen LogP contribution in [0, 0.1) is 0 Å². The zero-order valence-electron chi connectivity index (χ0n) is 11.4. The molecule has 0 spiro atoms. The summed E-state index contributed by atoms with van der Waals surface area (Å²) in [6, 6.07) is 17.9. The predicted octanol–water partition coefficient (Wildman–Crippen LogP) is 3.08. The van der Waals surface area contributed by atoms with Crippen LogP contribution in [-0.4, -0.2) is 17.7 Å². The van der Waals surface area contributed by atoms with E-state index in [-0.39, 0.29) is 17.7 Å². The lowest BCUT2D eigenvalue weighted by atomic mass is 10.0. The molecule has 0 heterocycles. The van der Waals surface area contributed by atoms with Crippen molar-refractivity contribution in [1.29, 1.82) is 0 Å². The van der Waals surface area contributed by atoms with Crippen LogP contribution in [0.15, 0.2) is 60.7 Å². The average molecular weight is 267 g/mol. The van der Waals surface area contributed by atoms with Crippen molar-refractivity contribution in [3.05, 3.63) is 71.8 Å². The summed E-state index contributed by atoms with van der Waals surface area (Å²) in [4.78, 5) is 24.0. The van der Waals surface area contributed by atoms with E-state index in [1.807, 2.05) is 43.3 Å². The quantitative estimate of drug-likeness (QED) is 0.846. The smallest absolute Gasteiger partial charge is 0.251 e. The monoisotopic (exact) mass is 267 g/mol. The van der Waals surface area contributed by atoms with E-state index in [0.29, 0.717) is 17.5 Å². The van der Waals surface area contributed by atoms with Crippen LogP contribution in [0.3, 0.4) is 0 Å². The Kier molecular flexibility index (Phi) is 4.66. The summed E-state index contributed by atoms with van der Waals surface area (Å²) >= 11 is 0. The van der Waals surface area contributed by atoms with Gasteiger partial charge in [-0.2, -0.15) is 0 Å². The van der Waals surface area contributed by atoms with E-state index in [4.69, 9.17) is 0 Å². The third kappa shape index (κ3) is 3.79. The van der Waals surface area contributed by atoms with Gasteiger partial charge in [0.05, 0.1) is 0 Å². The molecule has 2 aromatic rings. The Hall–Kier alpha value is -2.42. The number of carbonyl (C=O) groups excluding carboxylic acids is 2. The van der Waals surface area contributed by atoms with Crippen LogP contribution in [0.25, 0.3) is 0 Å². The van der Waals surface area contributed by atoms with E-state index >= 15 is 0 Å². The largest absolute Gasteiger partial charge is 0.349 e. The standard InChI is InChI=1S/C17H17NO2/c1-13(12-16(19)14-8-4-2-5-9-14)18-17(20)15-10-6-3-7-11-15/h2-11,13H,12H2,1H3,(H,18,20). The molecule has 1 amide bonds. The number of amides is 1. The highest BCUT2D eigenvalue weighted by molar-refractivity contribution is 5.98. The first-order valence-corrected chi connectivity index (χ1v) is 6.61. The second kappa shape index (κ2) is 6.66. The van der Waals surface area contributed by atoms with Crippen LogP contribution in [0.4, 0.5) is 0 Å². The van der Waals surface area contributed by atoms with Crippen LogP contribution in [0.1, 0.15) is 34.1 Å². The summed E-state index contributed by atoms with van der Waals surface area (Å²) in [7, 11) is 0. The maximum absolute atomic E-state index is 12.0. The summed E-state index contributed by atoms with van der Waals surface area (Å²) in [6.07, 6.45) is 0.294. The molecule has 0 bridgehead atoms. The first-order valence-electron chi connectivity index (χ1n) is 6.61. The summed E-state index contributed by atoms with van der Waals surface area (Å²) in [6.45, 7) is 1.84. The van der Waals surface area contributed by atoms with Crippen molar-refractivity contribution in [1.82, 2.24) is 5.32 Å². The van der Waals surface area contributed by atoms with Gasteiger partial charge in [0.25, 0.3) is 5.91 Å². The molecule has 0 radical (unpaired) electrons. The molecule has 102 valence electrons. The number of ketones is 1. The highest BCUT2D eigenvalue weighted by atomic mass is 16.2. The fourth-order valence-corrected chi connectivity index (χ4v) is 1.97. The fraction of sp³-hybridized carbons (Fsp3) is 0.176. The average Bonchev–Trinajstić information content (AvgIpc) is 2.49. The maximum atomic E-state index is 12.0. The van der Waals surface area contributed by atoms with E-state index in [9.17, 15) is 9.59 Å². The second-order valence-electron chi connectivity index (χ2n) is 4.73. The molecular formula is C17H17NO2. The number of Topliss-reactive ketones (excluding diaryl/α,β-unsaturated/α-hetero) is 1. The van der Waals surface area contributed by atoms with Gasteiger partial charge >= 0.3 is 0 Å². The number of hydrogen-bond acceptors (Lipinski definition) is 2. The van der Waals surface area contributed by atoms with Crippen molar-refractivity contribution in [3.63, 3.8) is 0 Å². The molecular weight excluding hydrogens is 250 g/mol. The topological polar surface area (TPSA) is 46.2 Å². The van der Waals surface area contributed by atoms with E-state index in [1.54, 1.807) is 24.3 Å². The van der Waals surface area contributed by atoms with E-state index in [2.05, 4.69) is 5.32 Å². The Morgan fingerprint density at radius 3 is 1.95 bits per heavy atom. The van der Waals surface area contributed by atoms with Gasteiger partial charge in [-0.1, -0.05) is 48.5 Å². The van der Waals surface area contributed by atoms with Crippen molar-refractivity contribution in [2.24, 2.45) is 0 Å². The van der Waals surface area contributed by atoms with Gasteiger partial charge in [0.15, 0.2) is 5.78 Å². The van der Waals surface area contributed by atoms with Gasteiger partial charge < -0.3 is 5.32 Å². The lowest BCUT2D eigenvalue weighted by molar-refractivity contribution is 0.0918. The third-order valence-corrected chi connectivity index (χ3v) is 3.00. The van der Waals surface area contributed by atoms with Gasteiger partial charge in [-0.05, 0) is 19.1 Å². The summed E-state index contributed by atoms with van der Waals surface area (Å²) < 4.78 is 0. The Balaban J connectivity index is 1.91. The molecule has 0 saturated carbocycles. The SMILES string of the molecule is CC(CC(=O)c1ccccc1)NC(=O)c1ccccc1. The van der Waals surface area contributed by atoms with Crippen molar-refractivity contribution < 1.29 is 9.59 Å².